The average molecular weight is 338 g/mol. The summed E-state index contributed by atoms with van der Waals surface area (Å²) < 4.78 is 15.5. The van der Waals surface area contributed by atoms with Crippen molar-refractivity contribution in [2.24, 2.45) is 0 Å². The van der Waals surface area contributed by atoms with Crippen LogP contribution in [0.25, 0.3) is 11.4 Å². The predicted molar refractivity (Wildman–Crippen MR) is 91.2 cm³/mol. The number of carbonyl (C=O) groups is 1. The molecule has 0 fully saturated rings. The Morgan fingerprint density at radius 2 is 1.96 bits per heavy atom. The van der Waals surface area contributed by atoms with Crippen LogP contribution in [0.5, 0.6) is 5.75 Å². The zero-order valence-corrected chi connectivity index (χ0v) is 14.1. The van der Waals surface area contributed by atoms with E-state index in [1.807, 2.05) is 30.3 Å². The fourth-order valence-electron chi connectivity index (χ4n) is 2.28. The number of aryl methyl sites for hydroxylation is 1. The van der Waals surface area contributed by atoms with E-state index in [0.29, 0.717) is 17.1 Å². The van der Waals surface area contributed by atoms with Gasteiger partial charge in [-0.2, -0.15) is 4.98 Å². The van der Waals surface area contributed by atoms with Crippen LogP contribution in [0.15, 0.2) is 53.1 Å². The lowest BCUT2D eigenvalue weighted by atomic mass is 10.1. The highest BCUT2D eigenvalue weighted by atomic mass is 16.6. The third kappa shape index (κ3) is 4.03. The number of aromatic nitrogens is 2. The van der Waals surface area contributed by atoms with E-state index in [-0.39, 0.29) is 12.5 Å². The number of methoxy groups -OCH3 is 1. The lowest BCUT2D eigenvalue weighted by Crippen LogP contribution is -2.05. The van der Waals surface area contributed by atoms with Crippen molar-refractivity contribution in [1.29, 1.82) is 0 Å². The molecule has 0 aliphatic rings. The SMILES string of the molecule is CCc1ccc(C(=O)OCc2nc(-c3cccc(OC)c3)no2)cc1. The molecule has 0 amide bonds. The van der Waals surface area contributed by atoms with Crippen molar-refractivity contribution >= 4 is 5.97 Å². The van der Waals surface area contributed by atoms with Crippen molar-refractivity contribution in [3.63, 3.8) is 0 Å². The largest absolute Gasteiger partial charge is 0.497 e. The molecule has 6 nitrogen and oxygen atoms in total. The normalized spacial score (nSPS) is 10.5. The molecule has 0 aliphatic heterocycles. The van der Waals surface area contributed by atoms with E-state index in [9.17, 15) is 4.79 Å². The molecule has 0 atom stereocenters. The maximum Gasteiger partial charge on any atom is 0.338 e. The molecule has 0 spiro atoms. The monoisotopic (exact) mass is 338 g/mol. The van der Waals surface area contributed by atoms with Crippen molar-refractivity contribution in [2.75, 3.05) is 7.11 Å². The lowest BCUT2D eigenvalue weighted by molar-refractivity contribution is 0.0430. The summed E-state index contributed by atoms with van der Waals surface area (Å²) in [7, 11) is 1.59. The Labute approximate surface area is 145 Å². The molecule has 0 aliphatic carbocycles. The van der Waals surface area contributed by atoms with Gasteiger partial charge in [0.2, 0.25) is 5.82 Å². The summed E-state index contributed by atoms with van der Waals surface area (Å²) in [5.41, 5.74) is 2.41. The molecular weight excluding hydrogens is 320 g/mol. The van der Waals surface area contributed by atoms with Gasteiger partial charge < -0.3 is 14.0 Å². The van der Waals surface area contributed by atoms with Crippen LogP contribution in [0.3, 0.4) is 0 Å². The minimum absolute atomic E-state index is 0.0780. The quantitative estimate of drug-likeness (QED) is 0.639. The molecule has 0 unspecified atom stereocenters. The van der Waals surface area contributed by atoms with Crippen LogP contribution >= 0.6 is 0 Å². The molecular formula is C19H18N2O4. The van der Waals surface area contributed by atoms with Crippen molar-refractivity contribution in [2.45, 2.75) is 20.0 Å². The fourth-order valence-corrected chi connectivity index (χ4v) is 2.28. The second-order valence-electron chi connectivity index (χ2n) is 5.37. The Balaban J connectivity index is 1.63. The van der Waals surface area contributed by atoms with Crippen molar-refractivity contribution in [3.8, 4) is 17.1 Å². The Morgan fingerprint density at radius 3 is 2.68 bits per heavy atom. The van der Waals surface area contributed by atoms with Crippen LogP contribution in [0.4, 0.5) is 0 Å². The van der Waals surface area contributed by atoms with Gasteiger partial charge in [0.25, 0.3) is 5.89 Å². The first-order valence-electron chi connectivity index (χ1n) is 7.92. The van der Waals surface area contributed by atoms with Crippen LogP contribution in [0.2, 0.25) is 0 Å². The number of hydrogen-bond acceptors (Lipinski definition) is 6. The van der Waals surface area contributed by atoms with E-state index in [1.54, 1.807) is 25.3 Å². The molecule has 1 aromatic heterocycles. The number of esters is 1. The van der Waals surface area contributed by atoms with Gasteiger partial charge in [-0.05, 0) is 36.2 Å². The molecule has 2 aromatic carbocycles. The first-order chi connectivity index (χ1) is 12.2. The molecule has 25 heavy (non-hydrogen) atoms. The Hall–Kier alpha value is -3.15. The minimum Gasteiger partial charge on any atom is -0.497 e. The summed E-state index contributed by atoms with van der Waals surface area (Å²) in [6.07, 6.45) is 0.921. The number of benzene rings is 2. The van der Waals surface area contributed by atoms with Gasteiger partial charge in [-0.3, -0.25) is 0 Å². The zero-order valence-electron chi connectivity index (χ0n) is 14.1. The summed E-state index contributed by atoms with van der Waals surface area (Å²) in [5, 5.41) is 3.90. The van der Waals surface area contributed by atoms with Crippen LogP contribution in [0, 0.1) is 0 Å². The Kier molecular flexibility index (Phi) is 5.09. The summed E-state index contributed by atoms with van der Waals surface area (Å²) in [5.74, 6) is 0.920. The van der Waals surface area contributed by atoms with Gasteiger partial charge in [-0.25, -0.2) is 4.79 Å². The number of ether oxygens (including phenoxy) is 2. The predicted octanol–water partition coefficient (Wildman–Crippen LogP) is 3.66. The first kappa shape index (κ1) is 16.7. The molecule has 3 rings (SSSR count). The fraction of sp³-hybridized carbons (Fsp3) is 0.211. The minimum atomic E-state index is -0.427. The van der Waals surface area contributed by atoms with Crippen molar-refractivity contribution in [3.05, 3.63) is 65.5 Å². The third-order valence-electron chi connectivity index (χ3n) is 3.72. The zero-order chi connectivity index (χ0) is 17.6. The Morgan fingerprint density at radius 1 is 1.16 bits per heavy atom. The number of carbonyl (C=O) groups excluding carboxylic acids is 1. The molecule has 3 aromatic rings. The van der Waals surface area contributed by atoms with Gasteiger partial charge in [0.05, 0.1) is 12.7 Å². The molecule has 6 heteroatoms. The van der Waals surface area contributed by atoms with E-state index in [0.717, 1.165) is 17.5 Å². The van der Waals surface area contributed by atoms with E-state index in [1.165, 1.54) is 0 Å². The first-order valence-corrected chi connectivity index (χ1v) is 7.92. The number of hydrogen-bond donors (Lipinski definition) is 0. The van der Waals surface area contributed by atoms with Gasteiger partial charge >= 0.3 is 5.97 Å². The number of nitrogens with zero attached hydrogens (tertiary/aromatic N) is 2. The second-order valence-corrected chi connectivity index (χ2v) is 5.37. The molecule has 0 bridgehead atoms. The maximum atomic E-state index is 12.0. The summed E-state index contributed by atoms with van der Waals surface area (Å²) in [6, 6.07) is 14.6. The molecule has 0 N–H and O–H groups in total. The molecule has 128 valence electrons. The summed E-state index contributed by atoms with van der Waals surface area (Å²) >= 11 is 0. The van der Waals surface area contributed by atoms with E-state index in [2.05, 4.69) is 17.1 Å². The van der Waals surface area contributed by atoms with Gasteiger partial charge in [-0.1, -0.05) is 36.3 Å². The van der Waals surface area contributed by atoms with E-state index >= 15 is 0 Å². The molecule has 0 saturated heterocycles. The molecule has 0 saturated carbocycles. The number of rotatable bonds is 6. The second kappa shape index (κ2) is 7.61. The van der Waals surface area contributed by atoms with Crippen LogP contribution in [-0.4, -0.2) is 23.2 Å². The van der Waals surface area contributed by atoms with E-state index < -0.39 is 5.97 Å². The Bertz CT molecular complexity index is 856. The van der Waals surface area contributed by atoms with E-state index in [4.69, 9.17) is 14.0 Å². The summed E-state index contributed by atoms with van der Waals surface area (Å²) in [4.78, 5) is 16.3. The maximum absolute atomic E-state index is 12.0. The smallest absolute Gasteiger partial charge is 0.338 e. The van der Waals surface area contributed by atoms with Gasteiger partial charge in [0.1, 0.15) is 5.75 Å². The topological polar surface area (TPSA) is 74.5 Å². The van der Waals surface area contributed by atoms with Crippen molar-refractivity contribution in [1.82, 2.24) is 10.1 Å². The summed E-state index contributed by atoms with van der Waals surface area (Å²) in [6.45, 7) is 1.98. The van der Waals surface area contributed by atoms with Gasteiger partial charge in [0.15, 0.2) is 6.61 Å². The van der Waals surface area contributed by atoms with Crippen LogP contribution in [0.1, 0.15) is 28.7 Å². The lowest BCUT2D eigenvalue weighted by Gasteiger charge is -2.03. The van der Waals surface area contributed by atoms with Crippen LogP contribution in [-0.2, 0) is 17.8 Å². The molecule has 0 radical (unpaired) electrons. The average Bonchev–Trinajstić information content (AvgIpc) is 3.15. The van der Waals surface area contributed by atoms with Gasteiger partial charge in [-0.15, -0.1) is 0 Å². The van der Waals surface area contributed by atoms with Crippen LogP contribution < -0.4 is 4.74 Å². The van der Waals surface area contributed by atoms with Gasteiger partial charge in [0, 0.05) is 5.56 Å². The highest BCUT2D eigenvalue weighted by molar-refractivity contribution is 5.89. The molecule has 1 heterocycles. The van der Waals surface area contributed by atoms with Crippen molar-refractivity contribution < 1.29 is 18.8 Å². The highest BCUT2D eigenvalue weighted by Gasteiger charge is 2.13. The highest BCUT2D eigenvalue weighted by Crippen LogP contribution is 2.21. The standard InChI is InChI=1S/C19H18N2O4/c1-3-13-7-9-14(10-8-13)19(22)24-12-17-20-18(21-25-17)15-5-4-6-16(11-15)23-2/h4-11H,3,12H2,1-2H3. The third-order valence-corrected chi connectivity index (χ3v) is 3.72.